The molecule has 0 amide bonds. The number of pyridine rings is 1. The predicted molar refractivity (Wildman–Crippen MR) is 68.0 cm³/mol. The summed E-state index contributed by atoms with van der Waals surface area (Å²) in [5.41, 5.74) is 9.03. The second kappa shape index (κ2) is 4.53. The molecule has 2 rings (SSSR count). The van der Waals surface area contributed by atoms with Crippen LogP contribution < -0.4 is 5.73 Å². The summed E-state index contributed by atoms with van der Waals surface area (Å²) in [6.07, 6.45) is 1.82. The molecule has 2 aromatic rings. The van der Waals surface area contributed by atoms with Crippen LogP contribution in [0.3, 0.4) is 0 Å². The molecule has 2 nitrogen and oxygen atoms in total. The third-order valence-electron chi connectivity index (χ3n) is 2.35. The van der Waals surface area contributed by atoms with Crippen molar-refractivity contribution in [3.05, 3.63) is 36.0 Å². The summed E-state index contributed by atoms with van der Waals surface area (Å²) in [6.45, 7) is 2.16. The lowest BCUT2D eigenvalue weighted by Gasteiger charge is -2.06. The Bertz CT molecular complexity index is 468. The zero-order chi connectivity index (χ0) is 10.7. The van der Waals surface area contributed by atoms with Crippen LogP contribution in [0.4, 0.5) is 5.69 Å². The van der Waals surface area contributed by atoms with E-state index in [-0.39, 0.29) is 0 Å². The maximum absolute atomic E-state index is 5.91. The smallest absolute Gasteiger partial charge is 0.0763 e. The normalized spacial score (nSPS) is 10.7. The van der Waals surface area contributed by atoms with E-state index in [1.807, 2.05) is 36.2 Å². The number of thioether (sulfide) groups is 1. The summed E-state index contributed by atoms with van der Waals surface area (Å²) in [7, 11) is 0. The first-order chi connectivity index (χ1) is 7.33. The monoisotopic (exact) mass is 218 g/mol. The standard InChI is InChI=1S/C12H14N2S/c1-2-15-8-9-5-6-11(13)10-4-3-7-14-12(9)10/h3-7H,2,8,13H2,1H3. The van der Waals surface area contributed by atoms with E-state index in [1.54, 1.807) is 0 Å². The van der Waals surface area contributed by atoms with Gasteiger partial charge in [-0.25, -0.2) is 0 Å². The highest BCUT2D eigenvalue weighted by atomic mass is 32.2. The molecule has 0 bridgehead atoms. The van der Waals surface area contributed by atoms with Crippen molar-refractivity contribution in [2.24, 2.45) is 0 Å². The van der Waals surface area contributed by atoms with Gasteiger partial charge in [0.05, 0.1) is 5.52 Å². The van der Waals surface area contributed by atoms with E-state index < -0.39 is 0 Å². The van der Waals surface area contributed by atoms with Gasteiger partial charge in [0.15, 0.2) is 0 Å². The SMILES string of the molecule is CCSCc1ccc(N)c2cccnc12. The van der Waals surface area contributed by atoms with Crippen molar-refractivity contribution in [1.82, 2.24) is 4.98 Å². The van der Waals surface area contributed by atoms with Crippen molar-refractivity contribution < 1.29 is 0 Å². The van der Waals surface area contributed by atoms with Crippen LogP contribution in [0.15, 0.2) is 30.5 Å². The van der Waals surface area contributed by atoms with E-state index in [9.17, 15) is 0 Å². The Labute approximate surface area is 93.9 Å². The molecule has 0 saturated heterocycles. The van der Waals surface area contributed by atoms with Gasteiger partial charge >= 0.3 is 0 Å². The molecular weight excluding hydrogens is 204 g/mol. The first-order valence-corrected chi connectivity index (χ1v) is 6.18. The molecule has 1 heterocycles. The van der Waals surface area contributed by atoms with Crippen molar-refractivity contribution in [1.29, 1.82) is 0 Å². The number of nitrogen functional groups attached to an aromatic ring is 1. The Morgan fingerprint density at radius 2 is 2.20 bits per heavy atom. The molecule has 0 atom stereocenters. The third kappa shape index (κ3) is 2.07. The first-order valence-electron chi connectivity index (χ1n) is 5.02. The van der Waals surface area contributed by atoms with Gasteiger partial charge in [-0.3, -0.25) is 4.98 Å². The minimum absolute atomic E-state index is 0.809. The molecule has 0 radical (unpaired) electrons. The van der Waals surface area contributed by atoms with E-state index in [4.69, 9.17) is 5.73 Å². The molecule has 3 heteroatoms. The van der Waals surface area contributed by atoms with Gasteiger partial charge in [-0.15, -0.1) is 0 Å². The number of aromatic nitrogens is 1. The van der Waals surface area contributed by atoms with Crippen LogP contribution in [-0.2, 0) is 5.75 Å². The maximum atomic E-state index is 5.91. The third-order valence-corrected chi connectivity index (χ3v) is 3.27. The van der Waals surface area contributed by atoms with Gasteiger partial charge < -0.3 is 5.73 Å². The van der Waals surface area contributed by atoms with Gasteiger partial charge in [0.2, 0.25) is 0 Å². The molecule has 78 valence electrons. The highest BCUT2D eigenvalue weighted by molar-refractivity contribution is 7.98. The lowest BCUT2D eigenvalue weighted by molar-refractivity contribution is 1.34. The van der Waals surface area contributed by atoms with Crippen molar-refractivity contribution in [3.8, 4) is 0 Å². The Morgan fingerprint density at radius 3 is 3.00 bits per heavy atom. The molecule has 1 aromatic heterocycles. The van der Waals surface area contributed by atoms with Crippen molar-refractivity contribution >= 4 is 28.4 Å². The molecule has 0 aliphatic carbocycles. The number of rotatable bonds is 3. The second-order valence-corrected chi connectivity index (χ2v) is 4.62. The van der Waals surface area contributed by atoms with Crippen LogP contribution in [0, 0.1) is 0 Å². The summed E-state index contributed by atoms with van der Waals surface area (Å²) in [5, 5.41) is 1.06. The Kier molecular flexibility index (Phi) is 3.11. The van der Waals surface area contributed by atoms with E-state index in [0.717, 1.165) is 28.1 Å². The van der Waals surface area contributed by atoms with E-state index >= 15 is 0 Å². The number of hydrogen-bond donors (Lipinski definition) is 1. The highest BCUT2D eigenvalue weighted by Crippen LogP contribution is 2.25. The van der Waals surface area contributed by atoms with Crippen molar-refractivity contribution in [2.45, 2.75) is 12.7 Å². The number of anilines is 1. The average Bonchev–Trinajstić information content (AvgIpc) is 2.29. The Hall–Kier alpha value is -1.22. The lowest BCUT2D eigenvalue weighted by Crippen LogP contribution is -1.92. The van der Waals surface area contributed by atoms with E-state index in [1.165, 1.54) is 5.56 Å². The number of benzene rings is 1. The first kappa shape index (κ1) is 10.3. The number of hydrogen-bond acceptors (Lipinski definition) is 3. The molecule has 0 spiro atoms. The largest absolute Gasteiger partial charge is 0.398 e. The fourth-order valence-electron chi connectivity index (χ4n) is 1.58. The van der Waals surface area contributed by atoms with Crippen LogP contribution in [0.2, 0.25) is 0 Å². The van der Waals surface area contributed by atoms with Gasteiger partial charge in [-0.05, 0) is 29.5 Å². The van der Waals surface area contributed by atoms with Gasteiger partial charge in [0.25, 0.3) is 0 Å². The van der Waals surface area contributed by atoms with Crippen LogP contribution in [0.1, 0.15) is 12.5 Å². The molecule has 0 aliphatic rings. The molecule has 0 saturated carbocycles. The van der Waals surface area contributed by atoms with E-state index in [0.29, 0.717) is 0 Å². The zero-order valence-corrected chi connectivity index (χ0v) is 9.55. The molecular formula is C12H14N2S. The van der Waals surface area contributed by atoms with Crippen LogP contribution in [-0.4, -0.2) is 10.7 Å². The van der Waals surface area contributed by atoms with Crippen LogP contribution >= 0.6 is 11.8 Å². The second-order valence-electron chi connectivity index (χ2n) is 3.35. The Balaban J connectivity index is 2.51. The van der Waals surface area contributed by atoms with E-state index in [2.05, 4.69) is 18.0 Å². The fraction of sp³-hybridized carbons (Fsp3) is 0.250. The van der Waals surface area contributed by atoms with Gasteiger partial charge in [0.1, 0.15) is 0 Å². The maximum Gasteiger partial charge on any atom is 0.0763 e. The zero-order valence-electron chi connectivity index (χ0n) is 8.73. The summed E-state index contributed by atoms with van der Waals surface area (Å²) < 4.78 is 0. The van der Waals surface area contributed by atoms with Gasteiger partial charge in [0, 0.05) is 23.0 Å². The minimum Gasteiger partial charge on any atom is -0.398 e. The lowest BCUT2D eigenvalue weighted by atomic mass is 10.1. The molecule has 0 aliphatic heterocycles. The Morgan fingerprint density at radius 1 is 1.33 bits per heavy atom. The topological polar surface area (TPSA) is 38.9 Å². The molecule has 15 heavy (non-hydrogen) atoms. The van der Waals surface area contributed by atoms with Crippen LogP contribution in [0.5, 0.6) is 0 Å². The fourth-order valence-corrected chi connectivity index (χ4v) is 2.24. The molecule has 1 aromatic carbocycles. The summed E-state index contributed by atoms with van der Waals surface area (Å²) in [4.78, 5) is 4.40. The van der Waals surface area contributed by atoms with Gasteiger partial charge in [-0.1, -0.05) is 13.0 Å². The summed E-state index contributed by atoms with van der Waals surface area (Å²) in [5.74, 6) is 2.13. The average molecular weight is 218 g/mol. The number of nitrogens with zero attached hydrogens (tertiary/aromatic N) is 1. The van der Waals surface area contributed by atoms with Crippen LogP contribution in [0.25, 0.3) is 10.9 Å². The molecule has 2 N–H and O–H groups in total. The predicted octanol–water partition coefficient (Wildman–Crippen LogP) is 3.07. The number of nitrogens with two attached hydrogens (primary N) is 1. The highest BCUT2D eigenvalue weighted by Gasteiger charge is 2.04. The minimum atomic E-state index is 0.809. The quantitative estimate of drug-likeness (QED) is 0.805. The molecule has 0 unspecified atom stereocenters. The van der Waals surface area contributed by atoms with Crippen molar-refractivity contribution in [3.63, 3.8) is 0 Å². The van der Waals surface area contributed by atoms with Gasteiger partial charge in [-0.2, -0.15) is 11.8 Å². The van der Waals surface area contributed by atoms with Crippen molar-refractivity contribution in [2.75, 3.05) is 11.5 Å². The number of fused-ring (bicyclic) bond motifs is 1. The molecule has 0 fully saturated rings. The summed E-state index contributed by atoms with van der Waals surface area (Å²) in [6, 6.07) is 8.00. The summed E-state index contributed by atoms with van der Waals surface area (Å²) >= 11 is 1.90.